The van der Waals surface area contributed by atoms with Crippen LogP contribution in [0.25, 0.3) is 0 Å². The Kier molecular flexibility index (Phi) is 13.3. The predicted octanol–water partition coefficient (Wildman–Crippen LogP) is 5.15. The van der Waals surface area contributed by atoms with Crippen molar-refractivity contribution in [3.05, 3.63) is 58.6 Å². The molecule has 2 aromatic carbocycles. The lowest BCUT2D eigenvalue weighted by Gasteiger charge is -2.39. The standard InChI is InChI=1S/C32H44ClN3O7/c1-22-20-28(35-26-9-7-25(33)8-10-26)27-21-24(6-11-29(27)36(22)23(2)37)31(39)34-13-15-41-17-19-42-18-16-40-14-12-30(38)43-32(3,4)5/h6-11,21-22,28,35H,12-20H2,1-5H3,(H,34,39)/t22-,28+/m0/s1. The third-order valence-electron chi connectivity index (χ3n) is 6.61. The zero-order valence-corrected chi connectivity index (χ0v) is 26.5. The average Bonchev–Trinajstić information content (AvgIpc) is 2.93. The summed E-state index contributed by atoms with van der Waals surface area (Å²) in [7, 11) is 0. The van der Waals surface area contributed by atoms with Gasteiger partial charge in [-0.15, -0.1) is 0 Å². The Balaban J connectivity index is 1.39. The van der Waals surface area contributed by atoms with Crippen molar-refractivity contribution in [3.8, 4) is 0 Å². The number of rotatable bonds is 15. The highest BCUT2D eigenvalue weighted by Crippen LogP contribution is 2.39. The van der Waals surface area contributed by atoms with Crippen LogP contribution >= 0.6 is 11.6 Å². The first-order chi connectivity index (χ1) is 20.4. The van der Waals surface area contributed by atoms with Gasteiger partial charge < -0.3 is 34.5 Å². The predicted molar refractivity (Wildman–Crippen MR) is 167 cm³/mol. The molecule has 0 radical (unpaired) electrons. The highest BCUT2D eigenvalue weighted by atomic mass is 35.5. The molecule has 2 atom stereocenters. The van der Waals surface area contributed by atoms with E-state index in [0.717, 1.165) is 16.9 Å². The number of benzene rings is 2. The Morgan fingerprint density at radius 2 is 1.56 bits per heavy atom. The van der Waals surface area contributed by atoms with Gasteiger partial charge in [0, 0.05) is 41.5 Å². The Hall–Kier alpha value is -3.18. The number of carbonyl (C=O) groups is 3. The van der Waals surface area contributed by atoms with E-state index in [4.69, 9.17) is 30.5 Å². The Labute approximate surface area is 259 Å². The Bertz CT molecular complexity index is 1220. The molecule has 11 heteroatoms. The minimum atomic E-state index is -0.497. The number of hydrogen-bond donors (Lipinski definition) is 2. The maximum absolute atomic E-state index is 12.9. The molecule has 1 aliphatic rings. The molecule has 236 valence electrons. The zero-order chi connectivity index (χ0) is 31.4. The van der Waals surface area contributed by atoms with E-state index in [2.05, 4.69) is 10.6 Å². The summed E-state index contributed by atoms with van der Waals surface area (Å²) in [5, 5.41) is 7.08. The molecule has 1 aliphatic heterocycles. The molecule has 0 bridgehead atoms. The number of hydrogen-bond acceptors (Lipinski definition) is 8. The summed E-state index contributed by atoms with van der Waals surface area (Å²) in [6.45, 7) is 11.6. The van der Waals surface area contributed by atoms with Crippen molar-refractivity contribution in [2.45, 2.75) is 65.1 Å². The molecule has 2 aromatic rings. The molecule has 0 aromatic heterocycles. The van der Waals surface area contributed by atoms with Crippen molar-refractivity contribution in [2.75, 3.05) is 56.4 Å². The number of fused-ring (bicyclic) bond motifs is 1. The zero-order valence-electron chi connectivity index (χ0n) is 25.7. The number of halogens is 1. The second kappa shape index (κ2) is 16.6. The lowest BCUT2D eigenvalue weighted by atomic mass is 9.90. The van der Waals surface area contributed by atoms with Crippen molar-refractivity contribution in [1.82, 2.24) is 5.32 Å². The minimum Gasteiger partial charge on any atom is -0.460 e. The molecule has 2 N–H and O–H groups in total. The average molecular weight is 618 g/mol. The summed E-state index contributed by atoms with van der Waals surface area (Å²) in [4.78, 5) is 38.8. The van der Waals surface area contributed by atoms with E-state index in [1.54, 1.807) is 17.9 Å². The van der Waals surface area contributed by atoms with Crippen LogP contribution < -0.4 is 15.5 Å². The summed E-state index contributed by atoms with van der Waals surface area (Å²) in [5.74, 6) is -0.544. The van der Waals surface area contributed by atoms with Crippen LogP contribution in [0.3, 0.4) is 0 Å². The van der Waals surface area contributed by atoms with Gasteiger partial charge >= 0.3 is 5.97 Å². The fourth-order valence-electron chi connectivity index (χ4n) is 4.80. The molecule has 43 heavy (non-hydrogen) atoms. The van der Waals surface area contributed by atoms with Crippen molar-refractivity contribution in [3.63, 3.8) is 0 Å². The van der Waals surface area contributed by atoms with Crippen molar-refractivity contribution in [2.24, 2.45) is 0 Å². The highest BCUT2D eigenvalue weighted by molar-refractivity contribution is 6.30. The van der Waals surface area contributed by atoms with E-state index in [0.29, 0.717) is 56.6 Å². The molecule has 3 rings (SSSR count). The van der Waals surface area contributed by atoms with Crippen molar-refractivity contribution >= 4 is 40.8 Å². The summed E-state index contributed by atoms with van der Waals surface area (Å²) in [6.07, 6.45) is 0.892. The normalized spacial score (nSPS) is 16.4. The van der Waals surface area contributed by atoms with Crippen LogP contribution in [-0.4, -0.2) is 75.6 Å². The number of anilines is 2. The number of amides is 2. The molecule has 0 fully saturated rings. The van der Waals surface area contributed by atoms with Gasteiger partial charge in [0.1, 0.15) is 5.60 Å². The second-order valence-corrected chi connectivity index (χ2v) is 11.8. The van der Waals surface area contributed by atoms with Gasteiger partial charge in [-0.1, -0.05) is 11.6 Å². The first-order valence-electron chi connectivity index (χ1n) is 14.6. The van der Waals surface area contributed by atoms with Crippen LogP contribution in [0.15, 0.2) is 42.5 Å². The summed E-state index contributed by atoms with van der Waals surface area (Å²) in [5.41, 5.74) is 2.60. The number of ether oxygens (including phenoxy) is 4. The van der Waals surface area contributed by atoms with Crippen LogP contribution in [0, 0.1) is 0 Å². The molecule has 2 amide bonds. The van der Waals surface area contributed by atoms with Gasteiger partial charge in [0.2, 0.25) is 5.91 Å². The topological polar surface area (TPSA) is 115 Å². The monoisotopic (exact) mass is 617 g/mol. The molecule has 10 nitrogen and oxygen atoms in total. The molecular weight excluding hydrogens is 574 g/mol. The molecule has 1 heterocycles. The van der Waals surface area contributed by atoms with E-state index in [-0.39, 0.29) is 42.9 Å². The van der Waals surface area contributed by atoms with E-state index >= 15 is 0 Å². The molecule has 0 aliphatic carbocycles. The fraction of sp³-hybridized carbons (Fsp3) is 0.531. The van der Waals surface area contributed by atoms with Crippen LogP contribution in [-0.2, 0) is 28.5 Å². The van der Waals surface area contributed by atoms with Gasteiger partial charge in [0.15, 0.2) is 0 Å². The van der Waals surface area contributed by atoms with Crippen LogP contribution in [0.1, 0.15) is 69.4 Å². The van der Waals surface area contributed by atoms with Gasteiger partial charge in [-0.25, -0.2) is 0 Å². The van der Waals surface area contributed by atoms with E-state index < -0.39 is 5.60 Å². The van der Waals surface area contributed by atoms with E-state index in [1.165, 1.54) is 0 Å². The van der Waals surface area contributed by atoms with Gasteiger partial charge in [0.25, 0.3) is 5.91 Å². The van der Waals surface area contributed by atoms with Gasteiger partial charge in [0.05, 0.1) is 52.1 Å². The van der Waals surface area contributed by atoms with Gasteiger partial charge in [-0.3, -0.25) is 14.4 Å². The lowest BCUT2D eigenvalue weighted by molar-refractivity contribution is -0.156. The minimum absolute atomic E-state index is 0.00714. The van der Waals surface area contributed by atoms with Crippen LogP contribution in [0.4, 0.5) is 11.4 Å². The van der Waals surface area contributed by atoms with Crippen molar-refractivity contribution < 1.29 is 33.3 Å². The molecule has 0 unspecified atom stereocenters. The number of nitrogens with one attached hydrogen (secondary N) is 2. The maximum Gasteiger partial charge on any atom is 0.308 e. The smallest absolute Gasteiger partial charge is 0.308 e. The number of nitrogens with zero attached hydrogens (tertiary/aromatic N) is 1. The maximum atomic E-state index is 12.9. The first kappa shape index (κ1) is 34.3. The molecular formula is C32H44ClN3O7. The highest BCUT2D eigenvalue weighted by Gasteiger charge is 2.33. The van der Waals surface area contributed by atoms with E-state index in [1.807, 2.05) is 64.1 Å². The molecule has 0 spiro atoms. The third kappa shape index (κ3) is 11.4. The summed E-state index contributed by atoms with van der Waals surface area (Å²) in [6, 6.07) is 12.8. The quantitative estimate of drug-likeness (QED) is 0.208. The second-order valence-electron chi connectivity index (χ2n) is 11.4. The van der Waals surface area contributed by atoms with Gasteiger partial charge in [-0.05, 0) is 82.1 Å². The summed E-state index contributed by atoms with van der Waals surface area (Å²) < 4.78 is 21.6. The van der Waals surface area contributed by atoms with Crippen molar-refractivity contribution in [1.29, 1.82) is 0 Å². The SMILES string of the molecule is CC(=O)N1c2ccc(C(=O)NCCOCCOCCOCCC(=O)OC(C)(C)C)cc2[C@H](Nc2ccc(Cl)cc2)C[C@@H]1C. The Morgan fingerprint density at radius 1 is 0.930 bits per heavy atom. The Morgan fingerprint density at radius 3 is 2.19 bits per heavy atom. The largest absolute Gasteiger partial charge is 0.460 e. The van der Waals surface area contributed by atoms with E-state index in [9.17, 15) is 14.4 Å². The number of carbonyl (C=O) groups excluding carboxylic acids is 3. The summed E-state index contributed by atoms with van der Waals surface area (Å²) >= 11 is 6.05. The number of esters is 1. The molecule has 0 saturated heterocycles. The lowest BCUT2D eigenvalue weighted by Crippen LogP contribution is -2.43. The first-order valence-corrected chi connectivity index (χ1v) is 15.0. The van der Waals surface area contributed by atoms with Crippen LogP contribution in [0.5, 0.6) is 0 Å². The van der Waals surface area contributed by atoms with Gasteiger partial charge in [-0.2, -0.15) is 0 Å². The fourth-order valence-corrected chi connectivity index (χ4v) is 4.92. The third-order valence-corrected chi connectivity index (χ3v) is 6.87. The van der Waals surface area contributed by atoms with Crippen LogP contribution in [0.2, 0.25) is 5.02 Å². The molecule has 0 saturated carbocycles.